The number of rotatable bonds is 2. The van der Waals surface area contributed by atoms with E-state index in [9.17, 15) is 0 Å². The Labute approximate surface area is 109 Å². The average molecular weight is 242 g/mol. The summed E-state index contributed by atoms with van der Waals surface area (Å²) in [6.07, 6.45) is 7.62. The van der Waals surface area contributed by atoms with Crippen LogP contribution in [0.15, 0.2) is 30.5 Å². The second-order valence-electron chi connectivity index (χ2n) is 5.71. The fourth-order valence-corrected chi connectivity index (χ4v) is 3.42. The van der Waals surface area contributed by atoms with Gasteiger partial charge in [-0.1, -0.05) is 38.0 Å². The highest BCUT2D eigenvalue weighted by atomic mass is 15.0. The van der Waals surface area contributed by atoms with Crippen molar-refractivity contribution >= 4 is 10.9 Å². The molecule has 3 rings (SSSR count). The Morgan fingerprint density at radius 1 is 1.28 bits per heavy atom. The van der Waals surface area contributed by atoms with Crippen molar-refractivity contribution in [1.82, 2.24) is 4.57 Å². The lowest BCUT2D eigenvalue weighted by atomic mass is 9.87. The molecule has 1 saturated carbocycles. The highest BCUT2D eigenvalue weighted by Crippen LogP contribution is 2.35. The molecular weight excluding hydrogens is 220 g/mol. The van der Waals surface area contributed by atoms with Crippen LogP contribution in [0.1, 0.15) is 44.2 Å². The molecule has 0 amide bonds. The van der Waals surface area contributed by atoms with Crippen molar-refractivity contribution in [3.8, 4) is 0 Å². The minimum atomic E-state index is 0.629. The maximum absolute atomic E-state index is 5.89. The predicted molar refractivity (Wildman–Crippen MR) is 76.5 cm³/mol. The van der Waals surface area contributed by atoms with E-state index in [-0.39, 0.29) is 0 Å². The standard InChI is InChI=1S/C16H22N2/c1-12-4-2-7-15(10-12)18-9-8-13-5-3-6-14(11-17)16(13)18/h3,5-6,8-9,12,15H,2,4,7,10-11,17H2,1H3. The fraction of sp³-hybridized carbons (Fsp3) is 0.500. The molecule has 0 spiro atoms. The van der Waals surface area contributed by atoms with Gasteiger partial charge in [0, 0.05) is 18.8 Å². The fourth-order valence-electron chi connectivity index (χ4n) is 3.42. The molecule has 2 heteroatoms. The van der Waals surface area contributed by atoms with Gasteiger partial charge in [-0.25, -0.2) is 0 Å². The first-order chi connectivity index (χ1) is 8.79. The van der Waals surface area contributed by atoms with E-state index in [2.05, 4.69) is 42.0 Å². The number of nitrogens with two attached hydrogens (primary N) is 1. The number of benzene rings is 1. The second kappa shape index (κ2) is 4.77. The van der Waals surface area contributed by atoms with Crippen molar-refractivity contribution in [3.05, 3.63) is 36.0 Å². The van der Waals surface area contributed by atoms with E-state index in [0.717, 1.165) is 5.92 Å². The van der Waals surface area contributed by atoms with Crippen molar-refractivity contribution < 1.29 is 0 Å². The summed E-state index contributed by atoms with van der Waals surface area (Å²) >= 11 is 0. The summed E-state index contributed by atoms with van der Waals surface area (Å²) in [6.45, 7) is 3.01. The minimum absolute atomic E-state index is 0.629. The van der Waals surface area contributed by atoms with Gasteiger partial charge >= 0.3 is 0 Å². The lowest BCUT2D eigenvalue weighted by Crippen LogP contribution is -2.17. The van der Waals surface area contributed by atoms with Crippen LogP contribution in [-0.2, 0) is 6.54 Å². The van der Waals surface area contributed by atoms with E-state index >= 15 is 0 Å². The van der Waals surface area contributed by atoms with Crippen LogP contribution in [0.2, 0.25) is 0 Å². The number of nitrogens with zero attached hydrogens (tertiary/aromatic N) is 1. The molecule has 96 valence electrons. The molecule has 1 heterocycles. The van der Waals surface area contributed by atoms with Gasteiger partial charge in [-0.3, -0.25) is 0 Å². The van der Waals surface area contributed by atoms with Gasteiger partial charge in [0.25, 0.3) is 0 Å². The predicted octanol–water partition coefficient (Wildman–Crippen LogP) is 3.85. The third-order valence-electron chi connectivity index (χ3n) is 4.35. The van der Waals surface area contributed by atoms with Crippen LogP contribution in [0, 0.1) is 5.92 Å². The molecule has 2 aromatic rings. The zero-order chi connectivity index (χ0) is 12.5. The van der Waals surface area contributed by atoms with Gasteiger partial charge in [-0.05, 0) is 35.8 Å². The number of aromatic nitrogens is 1. The van der Waals surface area contributed by atoms with Crippen molar-refractivity contribution in [1.29, 1.82) is 0 Å². The van der Waals surface area contributed by atoms with Crippen molar-refractivity contribution in [3.63, 3.8) is 0 Å². The number of fused-ring (bicyclic) bond motifs is 1. The third kappa shape index (κ3) is 1.95. The molecule has 1 aromatic carbocycles. The lowest BCUT2D eigenvalue weighted by molar-refractivity contribution is 0.287. The summed E-state index contributed by atoms with van der Waals surface area (Å²) in [5.74, 6) is 0.853. The molecule has 1 aromatic heterocycles. The maximum atomic E-state index is 5.89. The van der Waals surface area contributed by atoms with Crippen LogP contribution in [0.4, 0.5) is 0 Å². The molecule has 18 heavy (non-hydrogen) atoms. The van der Waals surface area contributed by atoms with Crippen LogP contribution in [-0.4, -0.2) is 4.57 Å². The third-order valence-corrected chi connectivity index (χ3v) is 4.35. The molecule has 2 unspecified atom stereocenters. The molecular formula is C16H22N2. The molecule has 2 nitrogen and oxygen atoms in total. The van der Waals surface area contributed by atoms with Crippen molar-refractivity contribution in [2.75, 3.05) is 0 Å². The summed E-state index contributed by atoms with van der Waals surface area (Å²) in [6, 6.07) is 9.35. The van der Waals surface area contributed by atoms with Crippen molar-refractivity contribution in [2.24, 2.45) is 11.7 Å². The molecule has 2 N–H and O–H groups in total. The number of para-hydroxylation sites is 1. The quantitative estimate of drug-likeness (QED) is 0.852. The Bertz CT molecular complexity index is 541. The normalized spacial score (nSPS) is 24.6. The van der Waals surface area contributed by atoms with Crippen molar-refractivity contribution in [2.45, 2.75) is 45.2 Å². The van der Waals surface area contributed by atoms with E-state index in [1.165, 1.54) is 42.1 Å². The first-order valence-corrected chi connectivity index (χ1v) is 7.08. The van der Waals surface area contributed by atoms with Gasteiger partial charge in [-0.15, -0.1) is 0 Å². The molecule has 0 saturated heterocycles. The van der Waals surface area contributed by atoms with Gasteiger partial charge in [0.1, 0.15) is 0 Å². The van der Waals surface area contributed by atoms with E-state index < -0.39 is 0 Å². The van der Waals surface area contributed by atoms with E-state index in [1.54, 1.807) is 0 Å². The molecule has 1 aliphatic carbocycles. The molecule has 2 atom stereocenters. The second-order valence-corrected chi connectivity index (χ2v) is 5.71. The number of hydrogen-bond acceptors (Lipinski definition) is 1. The van der Waals surface area contributed by atoms with Gasteiger partial charge in [-0.2, -0.15) is 0 Å². The first kappa shape index (κ1) is 11.8. The Hall–Kier alpha value is -1.28. The van der Waals surface area contributed by atoms with Crippen LogP contribution >= 0.6 is 0 Å². The summed E-state index contributed by atoms with van der Waals surface area (Å²) in [5, 5.41) is 1.33. The van der Waals surface area contributed by atoms with Gasteiger partial charge < -0.3 is 10.3 Å². The smallest absolute Gasteiger partial charge is 0.0528 e. The zero-order valence-electron chi connectivity index (χ0n) is 11.1. The number of hydrogen-bond donors (Lipinski definition) is 1. The molecule has 0 aliphatic heterocycles. The maximum Gasteiger partial charge on any atom is 0.0528 e. The first-order valence-electron chi connectivity index (χ1n) is 7.08. The van der Waals surface area contributed by atoms with Gasteiger partial charge in [0.05, 0.1) is 5.52 Å². The zero-order valence-corrected chi connectivity index (χ0v) is 11.1. The van der Waals surface area contributed by atoms with Crippen LogP contribution in [0.5, 0.6) is 0 Å². The molecule has 1 aliphatic rings. The van der Waals surface area contributed by atoms with E-state index in [4.69, 9.17) is 5.73 Å². The summed E-state index contributed by atoms with van der Waals surface area (Å²) in [4.78, 5) is 0. The highest BCUT2D eigenvalue weighted by molar-refractivity contribution is 5.83. The van der Waals surface area contributed by atoms with E-state index in [1.807, 2.05) is 0 Å². The van der Waals surface area contributed by atoms with Crippen LogP contribution in [0.25, 0.3) is 10.9 Å². The molecule has 1 fully saturated rings. The van der Waals surface area contributed by atoms with Crippen LogP contribution < -0.4 is 5.73 Å². The summed E-state index contributed by atoms with van der Waals surface area (Å²) in [5.41, 5.74) is 8.52. The average Bonchev–Trinajstić information content (AvgIpc) is 2.82. The Morgan fingerprint density at radius 2 is 2.17 bits per heavy atom. The highest BCUT2D eigenvalue weighted by Gasteiger charge is 2.21. The SMILES string of the molecule is CC1CCCC(n2ccc3cccc(CN)c32)C1. The monoisotopic (exact) mass is 242 g/mol. The largest absolute Gasteiger partial charge is 0.344 e. The topological polar surface area (TPSA) is 30.9 Å². The molecule has 0 radical (unpaired) electrons. The van der Waals surface area contributed by atoms with Gasteiger partial charge in [0.2, 0.25) is 0 Å². The minimum Gasteiger partial charge on any atom is -0.344 e. The summed E-state index contributed by atoms with van der Waals surface area (Å²) in [7, 11) is 0. The summed E-state index contributed by atoms with van der Waals surface area (Å²) < 4.78 is 2.48. The lowest BCUT2D eigenvalue weighted by Gasteiger charge is -2.29. The molecule has 0 bridgehead atoms. The Balaban J connectivity index is 2.06. The van der Waals surface area contributed by atoms with Crippen LogP contribution in [0.3, 0.4) is 0 Å². The van der Waals surface area contributed by atoms with E-state index in [0.29, 0.717) is 12.6 Å². The van der Waals surface area contributed by atoms with Gasteiger partial charge in [0.15, 0.2) is 0 Å². The Morgan fingerprint density at radius 3 is 2.94 bits per heavy atom. The Kier molecular flexibility index (Phi) is 3.13.